The SMILES string of the molecule is CCC(=O)N(Cc1ccc(OCC2CCC2)cc1)C1CC1. The fourth-order valence-corrected chi connectivity index (χ4v) is 2.77. The first-order valence-corrected chi connectivity index (χ1v) is 8.27. The van der Waals surface area contributed by atoms with Crippen LogP contribution in [-0.2, 0) is 11.3 Å². The van der Waals surface area contributed by atoms with Crippen LogP contribution in [0.15, 0.2) is 24.3 Å². The summed E-state index contributed by atoms with van der Waals surface area (Å²) in [6.07, 6.45) is 6.90. The Kier molecular flexibility index (Phi) is 4.47. The van der Waals surface area contributed by atoms with Crippen molar-refractivity contribution >= 4 is 5.91 Å². The Morgan fingerprint density at radius 2 is 1.90 bits per heavy atom. The highest BCUT2D eigenvalue weighted by Crippen LogP contribution is 2.30. The summed E-state index contributed by atoms with van der Waals surface area (Å²) in [5.74, 6) is 1.98. The molecule has 2 saturated carbocycles. The third-order valence-electron chi connectivity index (χ3n) is 4.60. The van der Waals surface area contributed by atoms with Gasteiger partial charge in [-0.15, -0.1) is 0 Å². The molecular formula is C18H25NO2. The largest absolute Gasteiger partial charge is 0.493 e. The summed E-state index contributed by atoms with van der Waals surface area (Å²) in [7, 11) is 0. The van der Waals surface area contributed by atoms with Crippen LogP contribution in [0.1, 0.15) is 51.0 Å². The van der Waals surface area contributed by atoms with Crippen LogP contribution < -0.4 is 4.74 Å². The number of amides is 1. The molecule has 114 valence electrons. The Balaban J connectivity index is 1.54. The van der Waals surface area contributed by atoms with Gasteiger partial charge in [0, 0.05) is 19.0 Å². The molecule has 0 aromatic heterocycles. The topological polar surface area (TPSA) is 29.5 Å². The predicted molar refractivity (Wildman–Crippen MR) is 83.1 cm³/mol. The highest BCUT2D eigenvalue weighted by Gasteiger charge is 2.31. The molecule has 3 nitrogen and oxygen atoms in total. The van der Waals surface area contributed by atoms with Gasteiger partial charge in [0.05, 0.1) is 6.61 Å². The van der Waals surface area contributed by atoms with Crippen molar-refractivity contribution in [2.45, 2.75) is 58.0 Å². The van der Waals surface area contributed by atoms with E-state index in [0.29, 0.717) is 12.5 Å². The Labute approximate surface area is 127 Å². The molecule has 2 aliphatic rings. The van der Waals surface area contributed by atoms with E-state index in [9.17, 15) is 4.79 Å². The summed E-state index contributed by atoms with van der Waals surface area (Å²) in [6, 6.07) is 8.74. The number of hydrogen-bond acceptors (Lipinski definition) is 2. The minimum atomic E-state index is 0.266. The van der Waals surface area contributed by atoms with Gasteiger partial charge in [-0.3, -0.25) is 4.79 Å². The Morgan fingerprint density at radius 3 is 2.43 bits per heavy atom. The zero-order valence-corrected chi connectivity index (χ0v) is 12.9. The van der Waals surface area contributed by atoms with Crippen molar-refractivity contribution in [3.8, 4) is 5.75 Å². The quantitative estimate of drug-likeness (QED) is 0.764. The fraction of sp³-hybridized carbons (Fsp3) is 0.611. The lowest BCUT2D eigenvalue weighted by Gasteiger charge is -2.25. The van der Waals surface area contributed by atoms with Gasteiger partial charge in [-0.05, 0) is 49.3 Å². The second-order valence-corrected chi connectivity index (χ2v) is 6.36. The highest BCUT2D eigenvalue weighted by molar-refractivity contribution is 5.76. The molecule has 0 saturated heterocycles. The van der Waals surface area contributed by atoms with Crippen molar-refractivity contribution in [1.82, 2.24) is 4.90 Å². The van der Waals surface area contributed by atoms with E-state index in [1.165, 1.54) is 24.8 Å². The lowest BCUT2D eigenvalue weighted by atomic mass is 9.86. The first-order valence-electron chi connectivity index (χ1n) is 8.27. The number of benzene rings is 1. The van der Waals surface area contributed by atoms with Crippen LogP contribution in [0.2, 0.25) is 0 Å². The van der Waals surface area contributed by atoms with Gasteiger partial charge in [-0.25, -0.2) is 0 Å². The van der Waals surface area contributed by atoms with Crippen molar-refractivity contribution in [2.75, 3.05) is 6.61 Å². The van der Waals surface area contributed by atoms with E-state index in [2.05, 4.69) is 12.1 Å². The van der Waals surface area contributed by atoms with Gasteiger partial charge in [-0.1, -0.05) is 25.5 Å². The van der Waals surface area contributed by atoms with Crippen molar-refractivity contribution in [3.63, 3.8) is 0 Å². The van der Waals surface area contributed by atoms with Gasteiger partial charge in [0.2, 0.25) is 5.91 Å². The highest BCUT2D eigenvalue weighted by atomic mass is 16.5. The van der Waals surface area contributed by atoms with Crippen LogP contribution in [0, 0.1) is 5.92 Å². The molecule has 0 atom stereocenters. The van der Waals surface area contributed by atoms with E-state index in [-0.39, 0.29) is 5.91 Å². The smallest absolute Gasteiger partial charge is 0.222 e. The molecule has 21 heavy (non-hydrogen) atoms. The molecule has 0 bridgehead atoms. The summed E-state index contributed by atoms with van der Waals surface area (Å²) < 4.78 is 5.82. The van der Waals surface area contributed by atoms with Gasteiger partial charge >= 0.3 is 0 Å². The van der Waals surface area contributed by atoms with Gasteiger partial charge in [0.1, 0.15) is 5.75 Å². The Bertz CT molecular complexity index is 474. The lowest BCUT2D eigenvalue weighted by molar-refractivity contribution is -0.132. The maximum atomic E-state index is 12.0. The maximum Gasteiger partial charge on any atom is 0.222 e. The summed E-state index contributed by atoms with van der Waals surface area (Å²) in [6.45, 7) is 3.53. The normalized spacial score (nSPS) is 18.1. The molecule has 1 amide bonds. The van der Waals surface area contributed by atoms with E-state index in [1.54, 1.807) is 0 Å². The molecule has 0 aliphatic heterocycles. The molecule has 0 heterocycles. The zero-order chi connectivity index (χ0) is 14.7. The zero-order valence-electron chi connectivity index (χ0n) is 12.9. The van der Waals surface area contributed by atoms with Crippen LogP contribution >= 0.6 is 0 Å². The van der Waals surface area contributed by atoms with Crippen molar-refractivity contribution in [2.24, 2.45) is 5.92 Å². The van der Waals surface area contributed by atoms with Crippen molar-refractivity contribution in [3.05, 3.63) is 29.8 Å². The van der Waals surface area contributed by atoms with Crippen molar-refractivity contribution in [1.29, 1.82) is 0 Å². The Morgan fingerprint density at radius 1 is 1.19 bits per heavy atom. The number of ether oxygens (including phenoxy) is 1. The van der Waals surface area contributed by atoms with Crippen LogP contribution in [0.3, 0.4) is 0 Å². The molecule has 0 spiro atoms. The first kappa shape index (κ1) is 14.4. The van der Waals surface area contributed by atoms with E-state index >= 15 is 0 Å². The summed E-state index contributed by atoms with van der Waals surface area (Å²) in [4.78, 5) is 14.0. The molecule has 0 N–H and O–H groups in total. The molecular weight excluding hydrogens is 262 g/mol. The van der Waals surface area contributed by atoms with Crippen molar-refractivity contribution < 1.29 is 9.53 Å². The molecule has 3 heteroatoms. The average Bonchev–Trinajstić information content (AvgIpc) is 3.28. The third kappa shape index (κ3) is 3.78. The average molecular weight is 287 g/mol. The molecule has 0 radical (unpaired) electrons. The maximum absolute atomic E-state index is 12.0. The molecule has 2 fully saturated rings. The summed E-state index contributed by atoms with van der Waals surface area (Å²) in [5.41, 5.74) is 1.19. The number of carbonyl (C=O) groups excluding carboxylic acids is 1. The fourth-order valence-electron chi connectivity index (χ4n) is 2.77. The monoisotopic (exact) mass is 287 g/mol. The second kappa shape index (κ2) is 6.50. The van der Waals surface area contributed by atoms with E-state index in [0.717, 1.165) is 37.7 Å². The molecule has 0 unspecified atom stereocenters. The van der Waals surface area contributed by atoms with Gasteiger partial charge < -0.3 is 9.64 Å². The first-order chi connectivity index (χ1) is 10.3. The molecule has 2 aliphatic carbocycles. The van der Waals surface area contributed by atoms with E-state index in [1.807, 2.05) is 24.0 Å². The van der Waals surface area contributed by atoms with Crippen LogP contribution in [0.5, 0.6) is 5.75 Å². The van der Waals surface area contributed by atoms with Crippen LogP contribution in [0.4, 0.5) is 0 Å². The lowest BCUT2D eigenvalue weighted by Crippen LogP contribution is -2.31. The standard InChI is InChI=1S/C18H25NO2/c1-2-18(20)19(16-8-9-16)12-14-6-10-17(11-7-14)21-13-15-4-3-5-15/h6-7,10-11,15-16H,2-5,8-9,12-13H2,1H3. The van der Waals surface area contributed by atoms with Crippen LogP contribution in [0.25, 0.3) is 0 Å². The number of rotatable bonds is 7. The third-order valence-corrected chi connectivity index (χ3v) is 4.60. The number of carbonyl (C=O) groups is 1. The van der Waals surface area contributed by atoms with E-state index in [4.69, 9.17) is 4.74 Å². The summed E-state index contributed by atoms with van der Waals surface area (Å²) in [5, 5.41) is 0. The molecule has 3 rings (SSSR count). The van der Waals surface area contributed by atoms with Crippen LogP contribution in [-0.4, -0.2) is 23.5 Å². The second-order valence-electron chi connectivity index (χ2n) is 6.36. The number of nitrogens with zero attached hydrogens (tertiary/aromatic N) is 1. The minimum Gasteiger partial charge on any atom is -0.493 e. The number of hydrogen-bond donors (Lipinski definition) is 0. The molecule has 1 aromatic rings. The van der Waals surface area contributed by atoms with E-state index < -0.39 is 0 Å². The Hall–Kier alpha value is -1.51. The predicted octanol–water partition coefficient (Wildman–Crippen LogP) is 3.77. The van der Waals surface area contributed by atoms with Gasteiger partial charge in [0.25, 0.3) is 0 Å². The summed E-state index contributed by atoms with van der Waals surface area (Å²) >= 11 is 0. The van der Waals surface area contributed by atoms with Gasteiger partial charge in [-0.2, -0.15) is 0 Å². The molecule has 1 aromatic carbocycles. The minimum absolute atomic E-state index is 0.266. The van der Waals surface area contributed by atoms with Gasteiger partial charge in [0.15, 0.2) is 0 Å².